The molecule has 11 heteroatoms. The van der Waals surface area contributed by atoms with E-state index in [4.69, 9.17) is 16.3 Å². The van der Waals surface area contributed by atoms with E-state index in [9.17, 15) is 24.5 Å². The number of rotatable bonds is 7. The van der Waals surface area contributed by atoms with Gasteiger partial charge in [-0.15, -0.1) is 0 Å². The second-order valence-corrected chi connectivity index (χ2v) is 7.83. The Bertz CT molecular complexity index is 1040. The zero-order valence-corrected chi connectivity index (χ0v) is 18.7. The van der Waals surface area contributed by atoms with Crippen molar-refractivity contribution in [2.75, 3.05) is 37.7 Å². The third-order valence-electron chi connectivity index (χ3n) is 5.22. The van der Waals surface area contributed by atoms with Crippen LogP contribution in [0, 0.1) is 10.1 Å². The van der Waals surface area contributed by atoms with Crippen molar-refractivity contribution >= 4 is 40.8 Å². The van der Waals surface area contributed by atoms with Gasteiger partial charge in [0.15, 0.2) is 6.61 Å². The number of nitrogens with one attached hydrogen (secondary N) is 1. The number of piperazine rings is 1. The van der Waals surface area contributed by atoms with E-state index in [2.05, 4.69) is 5.32 Å². The standard InChI is InChI=1S/C22H23ClN4O6/c1-15(24-21(29)18-4-2-3-5-19(18)23)22(30)33-14-20(28)26-12-10-25(11-13-26)16-6-8-17(9-7-16)27(31)32/h2-9,15H,10-14H2,1H3,(H,24,29)/t15-/m0/s1. The predicted octanol–water partition coefficient (Wildman–Crippen LogP) is 2.26. The van der Waals surface area contributed by atoms with Gasteiger partial charge in [0.25, 0.3) is 17.5 Å². The van der Waals surface area contributed by atoms with Crippen molar-refractivity contribution in [3.8, 4) is 0 Å². The van der Waals surface area contributed by atoms with Crippen molar-refractivity contribution in [1.82, 2.24) is 10.2 Å². The number of ether oxygens (including phenoxy) is 1. The summed E-state index contributed by atoms with van der Waals surface area (Å²) in [5.74, 6) is -1.58. The molecule has 2 aromatic rings. The molecular formula is C22H23ClN4O6. The molecule has 0 unspecified atom stereocenters. The molecule has 1 saturated heterocycles. The van der Waals surface area contributed by atoms with Crippen LogP contribution in [0.2, 0.25) is 5.02 Å². The van der Waals surface area contributed by atoms with E-state index >= 15 is 0 Å². The number of benzene rings is 2. The van der Waals surface area contributed by atoms with E-state index < -0.39 is 29.4 Å². The maximum Gasteiger partial charge on any atom is 0.328 e. The number of nitro benzene ring substituents is 1. The van der Waals surface area contributed by atoms with Gasteiger partial charge in [-0.05, 0) is 31.2 Å². The smallest absolute Gasteiger partial charge is 0.328 e. The monoisotopic (exact) mass is 474 g/mol. The summed E-state index contributed by atoms with van der Waals surface area (Å²) in [6.07, 6.45) is 0. The minimum Gasteiger partial charge on any atom is -0.454 e. The molecule has 1 atom stereocenters. The lowest BCUT2D eigenvalue weighted by molar-refractivity contribution is -0.384. The van der Waals surface area contributed by atoms with Crippen LogP contribution in [0.15, 0.2) is 48.5 Å². The first kappa shape index (κ1) is 24.0. The average molecular weight is 475 g/mol. The fourth-order valence-electron chi connectivity index (χ4n) is 3.33. The van der Waals surface area contributed by atoms with Crippen molar-refractivity contribution < 1.29 is 24.0 Å². The largest absolute Gasteiger partial charge is 0.454 e. The summed E-state index contributed by atoms with van der Waals surface area (Å²) < 4.78 is 5.08. The first-order valence-electron chi connectivity index (χ1n) is 10.3. The number of non-ortho nitro benzene ring substituents is 1. The fourth-order valence-corrected chi connectivity index (χ4v) is 3.55. The molecule has 1 N–H and O–H groups in total. The van der Waals surface area contributed by atoms with Crippen LogP contribution in [-0.2, 0) is 14.3 Å². The van der Waals surface area contributed by atoms with E-state index in [1.807, 2.05) is 4.90 Å². The van der Waals surface area contributed by atoms with Gasteiger partial charge in [0.2, 0.25) is 0 Å². The number of esters is 1. The third-order valence-corrected chi connectivity index (χ3v) is 5.55. The molecule has 0 saturated carbocycles. The van der Waals surface area contributed by atoms with Crippen LogP contribution in [-0.4, -0.2) is 66.4 Å². The number of halogens is 1. The van der Waals surface area contributed by atoms with E-state index in [0.717, 1.165) is 5.69 Å². The van der Waals surface area contributed by atoms with Crippen molar-refractivity contribution in [2.24, 2.45) is 0 Å². The van der Waals surface area contributed by atoms with E-state index in [1.165, 1.54) is 25.1 Å². The van der Waals surface area contributed by atoms with Gasteiger partial charge in [-0.2, -0.15) is 0 Å². The van der Waals surface area contributed by atoms with Crippen molar-refractivity contribution in [2.45, 2.75) is 13.0 Å². The Balaban J connectivity index is 1.43. The average Bonchev–Trinajstić information content (AvgIpc) is 2.82. The molecule has 33 heavy (non-hydrogen) atoms. The lowest BCUT2D eigenvalue weighted by atomic mass is 10.2. The minimum absolute atomic E-state index is 0.0201. The molecule has 1 heterocycles. The van der Waals surface area contributed by atoms with Crippen LogP contribution in [0.25, 0.3) is 0 Å². The third kappa shape index (κ3) is 6.19. The van der Waals surface area contributed by atoms with Crippen molar-refractivity contribution in [3.05, 3.63) is 69.2 Å². The van der Waals surface area contributed by atoms with Gasteiger partial charge in [-0.3, -0.25) is 19.7 Å². The first-order valence-corrected chi connectivity index (χ1v) is 10.6. The van der Waals surface area contributed by atoms with Gasteiger partial charge >= 0.3 is 5.97 Å². The van der Waals surface area contributed by atoms with Crippen LogP contribution in [0.5, 0.6) is 0 Å². The predicted molar refractivity (Wildman–Crippen MR) is 121 cm³/mol. The van der Waals surface area contributed by atoms with Crippen LogP contribution < -0.4 is 10.2 Å². The Morgan fingerprint density at radius 2 is 1.73 bits per heavy atom. The van der Waals surface area contributed by atoms with Gasteiger partial charge in [0.1, 0.15) is 6.04 Å². The Morgan fingerprint density at radius 3 is 2.33 bits per heavy atom. The Kier molecular flexibility index (Phi) is 7.83. The summed E-state index contributed by atoms with van der Waals surface area (Å²) in [7, 11) is 0. The highest BCUT2D eigenvalue weighted by atomic mass is 35.5. The van der Waals surface area contributed by atoms with Crippen LogP contribution in [0.1, 0.15) is 17.3 Å². The van der Waals surface area contributed by atoms with Crippen LogP contribution in [0.4, 0.5) is 11.4 Å². The number of hydrogen-bond acceptors (Lipinski definition) is 7. The lowest BCUT2D eigenvalue weighted by Crippen LogP contribution is -2.50. The van der Waals surface area contributed by atoms with Crippen molar-refractivity contribution in [3.63, 3.8) is 0 Å². The molecule has 2 aromatic carbocycles. The molecular weight excluding hydrogens is 452 g/mol. The number of anilines is 1. The zero-order valence-electron chi connectivity index (χ0n) is 17.9. The summed E-state index contributed by atoms with van der Waals surface area (Å²) in [4.78, 5) is 50.8. The molecule has 1 fully saturated rings. The topological polar surface area (TPSA) is 122 Å². The summed E-state index contributed by atoms with van der Waals surface area (Å²) in [6, 6.07) is 11.7. The molecule has 3 rings (SSSR count). The maximum absolute atomic E-state index is 12.4. The molecule has 0 bridgehead atoms. The molecule has 0 aliphatic carbocycles. The fraction of sp³-hybridized carbons (Fsp3) is 0.318. The maximum atomic E-state index is 12.4. The molecule has 174 valence electrons. The van der Waals surface area contributed by atoms with E-state index in [-0.39, 0.29) is 22.2 Å². The molecule has 2 amide bonds. The van der Waals surface area contributed by atoms with Gasteiger partial charge in [-0.25, -0.2) is 4.79 Å². The zero-order chi connectivity index (χ0) is 24.0. The number of carbonyl (C=O) groups is 3. The molecule has 1 aliphatic rings. The summed E-state index contributed by atoms with van der Waals surface area (Å²) >= 11 is 5.98. The molecule has 1 aliphatic heterocycles. The van der Waals surface area contributed by atoms with Gasteiger partial charge < -0.3 is 19.9 Å². The highest BCUT2D eigenvalue weighted by Gasteiger charge is 2.24. The number of amides is 2. The highest BCUT2D eigenvalue weighted by molar-refractivity contribution is 6.33. The normalized spacial score (nSPS) is 14.4. The van der Waals surface area contributed by atoms with Gasteiger partial charge in [0, 0.05) is 44.0 Å². The van der Waals surface area contributed by atoms with E-state index in [0.29, 0.717) is 26.2 Å². The number of hydrogen-bond donors (Lipinski definition) is 1. The van der Waals surface area contributed by atoms with Gasteiger partial charge in [-0.1, -0.05) is 23.7 Å². The van der Waals surface area contributed by atoms with Crippen LogP contribution >= 0.6 is 11.6 Å². The summed E-state index contributed by atoms with van der Waals surface area (Å²) in [5.41, 5.74) is 1.09. The molecule has 0 aromatic heterocycles. The highest BCUT2D eigenvalue weighted by Crippen LogP contribution is 2.20. The SMILES string of the molecule is C[C@H](NC(=O)c1ccccc1Cl)C(=O)OCC(=O)N1CCN(c2ccc([N+](=O)[O-])cc2)CC1. The first-order chi connectivity index (χ1) is 15.8. The second kappa shape index (κ2) is 10.8. The second-order valence-electron chi connectivity index (χ2n) is 7.42. The molecule has 0 radical (unpaired) electrons. The molecule has 10 nitrogen and oxygen atoms in total. The Morgan fingerprint density at radius 1 is 1.09 bits per heavy atom. The Hall–Kier alpha value is -3.66. The quantitative estimate of drug-likeness (QED) is 0.371. The van der Waals surface area contributed by atoms with Crippen LogP contribution in [0.3, 0.4) is 0 Å². The number of carbonyl (C=O) groups excluding carboxylic acids is 3. The number of nitrogens with zero attached hydrogens (tertiary/aromatic N) is 3. The summed E-state index contributed by atoms with van der Waals surface area (Å²) in [6.45, 7) is 2.97. The van der Waals surface area contributed by atoms with Crippen molar-refractivity contribution in [1.29, 1.82) is 0 Å². The minimum atomic E-state index is -0.958. The lowest BCUT2D eigenvalue weighted by Gasteiger charge is -2.36. The van der Waals surface area contributed by atoms with E-state index in [1.54, 1.807) is 35.2 Å². The molecule has 0 spiro atoms. The summed E-state index contributed by atoms with van der Waals surface area (Å²) in [5, 5.41) is 13.5. The Labute approximate surface area is 195 Å². The number of nitro groups is 1. The van der Waals surface area contributed by atoms with Gasteiger partial charge in [0.05, 0.1) is 15.5 Å².